The van der Waals surface area contributed by atoms with Crippen LogP contribution in [0, 0.1) is 11.8 Å². The van der Waals surface area contributed by atoms with Crippen molar-refractivity contribution in [2.75, 3.05) is 5.75 Å². The number of hydrogen-bond donors (Lipinski definition) is 0. The lowest BCUT2D eigenvalue weighted by molar-refractivity contribution is 0.112. The predicted molar refractivity (Wildman–Crippen MR) is 56.0 cm³/mol. The minimum atomic E-state index is 0.714. The van der Waals surface area contributed by atoms with E-state index in [2.05, 4.69) is 11.8 Å². The molecule has 0 unspecified atom stereocenters. The Morgan fingerprint density at radius 1 is 1.38 bits per heavy atom. The van der Waals surface area contributed by atoms with Crippen molar-refractivity contribution in [1.82, 2.24) is 0 Å². The summed E-state index contributed by atoms with van der Waals surface area (Å²) in [4.78, 5) is 11.5. The highest BCUT2D eigenvalue weighted by Crippen LogP contribution is 2.16. The van der Waals surface area contributed by atoms with Crippen molar-refractivity contribution >= 4 is 18.0 Å². The minimum Gasteiger partial charge on any atom is -0.298 e. The molecule has 0 spiro atoms. The van der Waals surface area contributed by atoms with E-state index in [4.69, 9.17) is 0 Å². The van der Waals surface area contributed by atoms with Crippen LogP contribution in [0.2, 0.25) is 0 Å². The van der Waals surface area contributed by atoms with Gasteiger partial charge in [0.05, 0.1) is 5.75 Å². The topological polar surface area (TPSA) is 17.1 Å². The molecule has 0 aromatic heterocycles. The summed E-state index contributed by atoms with van der Waals surface area (Å²) >= 11 is 1.67. The van der Waals surface area contributed by atoms with E-state index in [9.17, 15) is 4.79 Å². The first kappa shape index (κ1) is 9.88. The van der Waals surface area contributed by atoms with Crippen LogP contribution in [0.25, 0.3) is 0 Å². The first-order chi connectivity index (χ1) is 6.36. The standard InChI is InChI=1S/C11H10OS/c1-2-3-8-13-11-6-4-10(9-12)5-7-11/h4-7,9H,8H2,1H3. The summed E-state index contributed by atoms with van der Waals surface area (Å²) in [5.74, 6) is 6.60. The molecule has 0 N–H and O–H groups in total. The summed E-state index contributed by atoms with van der Waals surface area (Å²) in [6.07, 6.45) is 0.848. The molecule has 2 heteroatoms. The highest BCUT2D eigenvalue weighted by molar-refractivity contribution is 7.99. The summed E-state index contributed by atoms with van der Waals surface area (Å²) in [5.41, 5.74) is 0.714. The SMILES string of the molecule is CC#CCSc1ccc(C=O)cc1. The number of hydrogen-bond acceptors (Lipinski definition) is 2. The Balaban J connectivity index is 2.57. The predicted octanol–water partition coefficient (Wildman–Crippen LogP) is 2.61. The number of benzene rings is 1. The third-order valence-electron chi connectivity index (χ3n) is 1.50. The van der Waals surface area contributed by atoms with Crippen LogP contribution in [0.1, 0.15) is 17.3 Å². The summed E-state index contributed by atoms with van der Waals surface area (Å²) in [7, 11) is 0. The summed E-state index contributed by atoms with van der Waals surface area (Å²) < 4.78 is 0. The number of rotatable bonds is 3. The van der Waals surface area contributed by atoms with Crippen molar-refractivity contribution in [3.05, 3.63) is 29.8 Å². The van der Waals surface area contributed by atoms with Crippen LogP contribution in [-0.4, -0.2) is 12.0 Å². The van der Waals surface area contributed by atoms with Gasteiger partial charge in [-0.05, 0) is 19.1 Å². The molecule has 0 aliphatic heterocycles. The Morgan fingerprint density at radius 3 is 2.62 bits per heavy atom. The molecule has 0 aliphatic carbocycles. The Labute approximate surface area is 82.5 Å². The zero-order valence-electron chi connectivity index (χ0n) is 7.41. The molecule has 0 amide bonds. The average Bonchev–Trinajstić information content (AvgIpc) is 2.19. The molecular formula is C11H10OS. The molecule has 0 fully saturated rings. The van der Waals surface area contributed by atoms with Crippen molar-refractivity contribution in [3.8, 4) is 11.8 Å². The molecule has 1 nitrogen and oxygen atoms in total. The van der Waals surface area contributed by atoms with Gasteiger partial charge in [-0.1, -0.05) is 18.1 Å². The van der Waals surface area contributed by atoms with Gasteiger partial charge in [-0.15, -0.1) is 17.7 Å². The molecule has 1 rings (SSSR count). The Hall–Kier alpha value is -1.20. The zero-order valence-corrected chi connectivity index (χ0v) is 8.23. The van der Waals surface area contributed by atoms with E-state index < -0.39 is 0 Å². The molecule has 1 aromatic carbocycles. The zero-order chi connectivity index (χ0) is 9.52. The fourth-order valence-electron chi connectivity index (χ4n) is 0.834. The van der Waals surface area contributed by atoms with Gasteiger partial charge >= 0.3 is 0 Å². The van der Waals surface area contributed by atoms with Crippen molar-refractivity contribution in [3.63, 3.8) is 0 Å². The van der Waals surface area contributed by atoms with Crippen LogP contribution in [-0.2, 0) is 0 Å². The lowest BCUT2D eigenvalue weighted by atomic mass is 10.2. The Kier molecular flexibility index (Phi) is 4.14. The smallest absolute Gasteiger partial charge is 0.150 e. The van der Waals surface area contributed by atoms with Gasteiger partial charge in [-0.2, -0.15) is 0 Å². The fraction of sp³-hybridized carbons (Fsp3) is 0.182. The molecule has 0 radical (unpaired) electrons. The summed E-state index contributed by atoms with van der Waals surface area (Å²) in [6, 6.07) is 7.50. The van der Waals surface area contributed by atoms with Gasteiger partial charge in [0.15, 0.2) is 0 Å². The van der Waals surface area contributed by atoms with E-state index in [1.54, 1.807) is 11.8 Å². The van der Waals surface area contributed by atoms with Crippen molar-refractivity contribution in [2.24, 2.45) is 0 Å². The van der Waals surface area contributed by atoms with Gasteiger partial charge in [0.25, 0.3) is 0 Å². The number of aldehydes is 1. The Morgan fingerprint density at radius 2 is 2.08 bits per heavy atom. The monoisotopic (exact) mass is 190 g/mol. The summed E-state index contributed by atoms with van der Waals surface area (Å²) in [6.45, 7) is 1.83. The molecule has 13 heavy (non-hydrogen) atoms. The van der Waals surface area contributed by atoms with Crippen molar-refractivity contribution in [1.29, 1.82) is 0 Å². The second kappa shape index (κ2) is 5.45. The van der Waals surface area contributed by atoms with Crippen LogP contribution >= 0.6 is 11.8 Å². The third kappa shape index (κ3) is 3.35. The van der Waals surface area contributed by atoms with Crippen LogP contribution in [0.3, 0.4) is 0 Å². The van der Waals surface area contributed by atoms with Gasteiger partial charge in [0.1, 0.15) is 6.29 Å². The van der Waals surface area contributed by atoms with Crippen LogP contribution in [0.4, 0.5) is 0 Å². The largest absolute Gasteiger partial charge is 0.298 e. The molecule has 0 saturated heterocycles. The van der Waals surface area contributed by atoms with Crippen LogP contribution in [0.15, 0.2) is 29.2 Å². The van der Waals surface area contributed by atoms with Gasteiger partial charge < -0.3 is 0 Å². The normalized spacial score (nSPS) is 8.69. The van der Waals surface area contributed by atoms with Gasteiger partial charge in [0.2, 0.25) is 0 Å². The van der Waals surface area contributed by atoms with E-state index in [0.29, 0.717) is 5.56 Å². The lowest BCUT2D eigenvalue weighted by Crippen LogP contribution is -1.79. The van der Waals surface area contributed by atoms with Crippen molar-refractivity contribution in [2.45, 2.75) is 11.8 Å². The third-order valence-corrected chi connectivity index (χ3v) is 2.40. The highest BCUT2D eigenvalue weighted by atomic mass is 32.2. The van der Waals surface area contributed by atoms with E-state index in [0.717, 1.165) is 16.9 Å². The van der Waals surface area contributed by atoms with Gasteiger partial charge in [0, 0.05) is 10.5 Å². The molecule has 0 aliphatic rings. The van der Waals surface area contributed by atoms with E-state index in [-0.39, 0.29) is 0 Å². The summed E-state index contributed by atoms with van der Waals surface area (Å²) in [5, 5.41) is 0. The maximum atomic E-state index is 10.3. The molecular weight excluding hydrogens is 180 g/mol. The minimum absolute atomic E-state index is 0.714. The molecule has 66 valence electrons. The molecule has 0 atom stereocenters. The van der Waals surface area contributed by atoms with Crippen molar-refractivity contribution < 1.29 is 4.79 Å². The molecule has 0 saturated carbocycles. The quantitative estimate of drug-likeness (QED) is 0.414. The molecule has 0 bridgehead atoms. The van der Waals surface area contributed by atoms with Gasteiger partial charge in [-0.25, -0.2) is 0 Å². The van der Waals surface area contributed by atoms with Crippen LogP contribution < -0.4 is 0 Å². The van der Waals surface area contributed by atoms with E-state index in [1.165, 1.54) is 0 Å². The first-order valence-electron chi connectivity index (χ1n) is 3.94. The maximum absolute atomic E-state index is 10.3. The van der Waals surface area contributed by atoms with Crippen LogP contribution in [0.5, 0.6) is 0 Å². The molecule has 0 heterocycles. The van der Waals surface area contributed by atoms with Gasteiger partial charge in [-0.3, -0.25) is 4.79 Å². The maximum Gasteiger partial charge on any atom is 0.150 e. The highest BCUT2D eigenvalue weighted by Gasteiger charge is 1.92. The lowest BCUT2D eigenvalue weighted by Gasteiger charge is -1.96. The average molecular weight is 190 g/mol. The molecule has 1 aromatic rings. The number of thioether (sulfide) groups is 1. The van der Waals surface area contributed by atoms with E-state index >= 15 is 0 Å². The Bertz CT molecular complexity index is 329. The number of carbonyl (C=O) groups excluding carboxylic acids is 1. The second-order valence-electron chi connectivity index (χ2n) is 2.40. The number of carbonyl (C=O) groups is 1. The fourth-order valence-corrected chi connectivity index (χ4v) is 1.55. The second-order valence-corrected chi connectivity index (χ2v) is 3.45. The van der Waals surface area contributed by atoms with E-state index in [1.807, 2.05) is 31.2 Å². The first-order valence-corrected chi connectivity index (χ1v) is 4.93.